The van der Waals surface area contributed by atoms with E-state index < -0.39 is 42.7 Å². The molecule has 0 aliphatic rings. The van der Waals surface area contributed by atoms with E-state index in [4.69, 9.17) is 19.3 Å². The van der Waals surface area contributed by atoms with Gasteiger partial charge >= 0.3 is 125 Å². The van der Waals surface area contributed by atoms with Crippen LogP contribution in [0.5, 0.6) is 0 Å². The van der Waals surface area contributed by atoms with Crippen LogP contribution < -0.4 is 0 Å². The third-order valence-electron chi connectivity index (χ3n) is 1.40. The van der Waals surface area contributed by atoms with Crippen LogP contribution in [0.1, 0.15) is 0 Å². The Balaban J connectivity index is -0.000000375. The summed E-state index contributed by atoms with van der Waals surface area (Å²) in [7, 11) is -11.0. The summed E-state index contributed by atoms with van der Waals surface area (Å²) < 4.78 is 58.8. The quantitative estimate of drug-likeness (QED) is 0.255. The summed E-state index contributed by atoms with van der Waals surface area (Å²) in [4.78, 5) is 20.7. The maximum absolute atomic E-state index is 10.5. The average Bonchev–Trinajstić information content (AvgIpc) is 1.92. The van der Waals surface area contributed by atoms with Crippen molar-refractivity contribution in [1.82, 2.24) is 0 Å². The van der Waals surface area contributed by atoms with E-state index in [1.54, 1.807) is 0 Å². The van der Waals surface area contributed by atoms with Crippen molar-refractivity contribution in [1.29, 1.82) is 0 Å². The molecule has 0 saturated carbocycles. The molecule has 0 aromatic rings. The van der Waals surface area contributed by atoms with Crippen molar-refractivity contribution in [2.45, 2.75) is 10.5 Å². The first kappa shape index (κ1) is 29.5. The van der Waals surface area contributed by atoms with Gasteiger partial charge in [-0.1, -0.05) is 0 Å². The second kappa shape index (κ2) is 11.1. The Bertz CT molecular complexity index is 461. The molecule has 0 saturated heterocycles. The van der Waals surface area contributed by atoms with Crippen LogP contribution in [-0.2, 0) is 29.8 Å². The minimum absolute atomic E-state index is 0. The molecule has 2 unspecified atom stereocenters. The summed E-state index contributed by atoms with van der Waals surface area (Å²) in [5.41, 5.74) is 0. The molecule has 0 aliphatic carbocycles. The fourth-order valence-corrected chi connectivity index (χ4v) is 3.04. The van der Waals surface area contributed by atoms with E-state index >= 15 is 0 Å². The maximum atomic E-state index is 10.5. The molecule has 0 rings (SSSR count). The van der Waals surface area contributed by atoms with E-state index in [0.29, 0.717) is 0 Å². The van der Waals surface area contributed by atoms with Crippen LogP contribution in [0.4, 0.5) is 0 Å². The van der Waals surface area contributed by atoms with Crippen molar-refractivity contribution < 1.29 is 45.7 Å². The number of carboxylic acid groups (broad SMARTS) is 2. The number of hydrogen-bond donors (Lipinski definition) is 4. The van der Waals surface area contributed by atoms with E-state index in [-0.39, 0.29) is 113 Å². The summed E-state index contributed by atoms with van der Waals surface area (Å²) in [5, 5.41) is 10.2. The molecule has 106 valence electrons. The first-order valence-corrected chi connectivity index (χ1v) is 6.28. The van der Waals surface area contributed by atoms with Crippen molar-refractivity contribution in [3.8, 4) is 0 Å². The van der Waals surface area contributed by atoms with Crippen LogP contribution in [0, 0.1) is 0 Å². The summed E-state index contributed by atoms with van der Waals surface area (Å²) in [6, 6.07) is 0. The molecule has 0 spiro atoms. The summed E-state index contributed by atoms with van der Waals surface area (Å²) >= 11 is 0. The van der Waals surface area contributed by atoms with Gasteiger partial charge < -0.3 is 10.2 Å². The molecule has 0 fully saturated rings. The predicted molar refractivity (Wildman–Crippen MR) is 71.6 cm³/mol. The Morgan fingerprint density at radius 1 is 0.684 bits per heavy atom. The Hall–Kier alpha value is 2.54. The fraction of sp³-hybridized carbons (Fsp3) is 0.500. The van der Waals surface area contributed by atoms with Crippen LogP contribution in [0.2, 0.25) is 0 Å². The molecule has 19 heavy (non-hydrogen) atoms. The Labute approximate surface area is 197 Å². The second-order valence-electron chi connectivity index (χ2n) is 2.55. The number of hydrogen-bond acceptors (Lipinski definition) is 6. The van der Waals surface area contributed by atoms with Crippen molar-refractivity contribution in [2.24, 2.45) is 0 Å². The molecule has 0 heterocycles. The molecule has 0 aromatic carbocycles. The van der Waals surface area contributed by atoms with Gasteiger partial charge in [0.1, 0.15) is 0 Å². The number of carboxylic acids is 2. The van der Waals surface area contributed by atoms with Crippen LogP contribution in [0.25, 0.3) is 0 Å². The molecule has 10 nitrogen and oxygen atoms in total. The zero-order valence-electron chi connectivity index (χ0n) is 7.21. The molecule has 0 radical (unpaired) electrons. The van der Waals surface area contributed by atoms with Gasteiger partial charge in [-0.25, -0.2) is 0 Å². The van der Waals surface area contributed by atoms with Gasteiger partial charge in [0, 0.05) is 0 Å². The van der Waals surface area contributed by atoms with Gasteiger partial charge in [0.05, 0.1) is 0 Å². The molecule has 0 amide bonds. The Morgan fingerprint density at radius 3 is 0.895 bits per heavy atom. The molecular weight excluding hydrogens is 392 g/mol. The van der Waals surface area contributed by atoms with E-state index in [0.717, 1.165) is 0 Å². The standard InChI is InChI=1S/C4H6O10S2.3Ca.6H/c5-3(6)1(15(9,10)11)2(4(7)8)16(12,13)14;;;;;;;;;/h1-2H,(H,5,6)(H,7,8)(H,9,10,11)(H,12,13,14);;;;;;;;;. The van der Waals surface area contributed by atoms with Crippen molar-refractivity contribution in [3.05, 3.63) is 0 Å². The van der Waals surface area contributed by atoms with Crippen LogP contribution >= 0.6 is 0 Å². The first-order chi connectivity index (χ1) is 6.89. The van der Waals surface area contributed by atoms with Crippen LogP contribution in [0.3, 0.4) is 0 Å². The first-order valence-electron chi connectivity index (χ1n) is 3.27. The molecule has 2 atom stereocenters. The number of carbonyl (C=O) groups is 2. The summed E-state index contributed by atoms with van der Waals surface area (Å²) in [6.07, 6.45) is 0. The monoisotopic (exact) mass is 404 g/mol. The van der Waals surface area contributed by atoms with Crippen molar-refractivity contribution in [2.75, 3.05) is 0 Å². The van der Waals surface area contributed by atoms with Crippen LogP contribution in [-0.4, -0.2) is 172 Å². The zero-order valence-corrected chi connectivity index (χ0v) is 8.84. The topological polar surface area (TPSA) is 183 Å². The van der Waals surface area contributed by atoms with Gasteiger partial charge in [-0.05, 0) is 0 Å². The second-order valence-corrected chi connectivity index (χ2v) is 5.62. The van der Waals surface area contributed by atoms with E-state index in [1.807, 2.05) is 0 Å². The van der Waals surface area contributed by atoms with Gasteiger partial charge in [0.25, 0.3) is 20.2 Å². The summed E-state index contributed by atoms with van der Waals surface area (Å²) in [5.74, 6) is -4.85. The van der Waals surface area contributed by atoms with Gasteiger partial charge in [0.2, 0.25) is 10.5 Å². The van der Waals surface area contributed by atoms with Gasteiger partial charge in [-0.3, -0.25) is 18.7 Å². The Kier molecular flexibility index (Phi) is 17.3. The summed E-state index contributed by atoms with van der Waals surface area (Å²) in [6.45, 7) is 0. The molecule has 0 aromatic heterocycles. The molecule has 4 N–H and O–H groups in total. The molecule has 0 aliphatic heterocycles. The van der Waals surface area contributed by atoms with Gasteiger partial charge in [-0.15, -0.1) is 0 Å². The normalized spacial score (nSPS) is 13.8. The Morgan fingerprint density at radius 2 is 0.842 bits per heavy atom. The third kappa shape index (κ3) is 10.0. The van der Waals surface area contributed by atoms with Crippen LogP contribution in [0.15, 0.2) is 0 Å². The fourth-order valence-electron chi connectivity index (χ4n) is 0.826. The SMILES string of the molecule is O=C(O)C(C(C(=O)O)S(=O)(=O)O)S(=O)(=O)O.[CaH2].[CaH2].[CaH2]. The van der Waals surface area contributed by atoms with Gasteiger partial charge in [0.15, 0.2) is 0 Å². The van der Waals surface area contributed by atoms with E-state index in [1.165, 1.54) is 0 Å². The van der Waals surface area contributed by atoms with Crippen molar-refractivity contribution in [3.63, 3.8) is 0 Å². The van der Waals surface area contributed by atoms with Crippen molar-refractivity contribution >= 4 is 145 Å². The third-order valence-corrected chi connectivity index (χ3v) is 3.81. The molecule has 0 bridgehead atoms. The van der Waals surface area contributed by atoms with E-state index in [9.17, 15) is 26.4 Å². The zero-order chi connectivity index (χ0) is 13.3. The minimum atomic E-state index is -5.51. The molecular formula is C4H12Ca3O10S2. The molecule has 15 heteroatoms. The predicted octanol–water partition coefficient (Wildman–Crippen LogP) is -5.08. The number of rotatable bonds is 5. The number of aliphatic carboxylic acids is 2. The average molecular weight is 404 g/mol. The van der Waals surface area contributed by atoms with Gasteiger partial charge in [-0.2, -0.15) is 16.8 Å². The van der Waals surface area contributed by atoms with E-state index in [2.05, 4.69) is 0 Å².